The largest absolute Gasteiger partial charge is 0.103 e. The van der Waals surface area contributed by atoms with Crippen molar-refractivity contribution >= 4 is 0 Å². The van der Waals surface area contributed by atoms with Crippen LogP contribution >= 0.6 is 0 Å². The highest BCUT2D eigenvalue weighted by Crippen LogP contribution is 2.15. The lowest BCUT2D eigenvalue weighted by Gasteiger charge is -2.10. The Hall–Kier alpha value is -1.30. The molecule has 20 heavy (non-hydrogen) atoms. The first-order valence-electron chi connectivity index (χ1n) is 7.83. The molecule has 0 aliphatic rings. The lowest BCUT2D eigenvalue weighted by Crippen LogP contribution is -1.99. The van der Waals surface area contributed by atoms with E-state index in [4.69, 9.17) is 0 Å². The quantitative estimate of drug-likeness (QED) is 0.521. The van der Waals surface area contributed by atoms with E-state index in [0.29, 0.717) is 5.92 Å². The van der Waals surface area contributed by atoms with E-state index < -0.39 is 0 Å². The molecule has 0 heterocycles. The van der Waals surface area contributed by atoms with Crippen molar-refractivity contribution < 1.29 is 0 Å². The predicted molar refractivity (Wildman–Crippen MR) is 95.3 cm³/mol. The molecule has 0 bridgehead atoms. The lowest BCUT2D eigenvalue weighted by atomic mass is 9.95. The minimum absolute atomic E-state index is 0.586. The van der Waals surface area contributed by atoms with Crippen LogP contribution in [0.2, 0.25) is 0 Å². The number of unbranched alkanes of at least 4 members (excludes halogenated alkanes) is 1. The van der Waals surface area contributed by atoms with Crippen molar-refractivity contribution in [3.63, 3.8) is 0 Å². The molecule has 0 saturated heterocycles. The molecule has 0 radical (unpaired) electrons. The van der Waals surface area contributed by atoms with Gasteiger partial charge in [0.25, 0.3) is 0 Å². The summed E-state index contributed by atoms with van der Waals surface area (Å²) in [6.45, 7) is 20.1. The van der Waals surface area contributed by atoms with Gasteiger partial charge in [-0.2, -0.15) is 0 Å². The Morgan fingerprint density at radius 1 is 1.20 bits per heavy atom. The van der Waals surface area contributed by atoms with Crippen molar-refractivity contribution in [3.8, 4) is 0 Å². The highest BCUT2D eigenvalue weighted by molar-refractivity contribution is 5.22. The van der Waals surface area contributed by atoms with Crippen LogP contribution in [0.3, 0.4) is 0 Å². The molecule has 0 aliphatic heterocycles. The molecule has 0 saturated carbocycles. The molecule has 114 valence electrons. The summed E-state index contributed by atoms with van der Waals surface area (Å²) in [5, 5.41) is 0. The Balaban J connectivity index is 0. The Kier molecular flexibility index (Phi) is 14.8. The number of rotatable bonds is 5. The number of hydrogen-bond donors (Lipinski definition) is 0. The minimum Gasteiger partial charge on any atom is -0.103 e. The fraction of sp³-hybridized carbons (Fsp3) is 0.500. The van der Waals surface area contributed by atoms with E-state index >= 15 is 0 Å². The molecule has 0 aromatic heterocycles. The van der Waals surface area contributed by atoms with Crippen LogP contribution in [0.5, 0.6) is 0 Å². The minimum atomic E-state index is 0.586. The van der Waals surface area contributed by atoms with Crippen molar-refractivity contribution in [2.75, 3.05) is 0 Å². The van der Waals surface area contributed by atoms with Crippen LogP contribution in [0.4, 0.5) is 0 Å². The van der Waals surface area contributed by atoms with Crippen molar-refractivity contribution in [1.82, 2.24) is 0 Å². The standard InChI is InChI=1S/C13H18.C5H10.C2H6/c1-10(2)12(4)9-13-7-5-11(3)6-8-13;1-3-5-4-2;1-2/h5-8,12H,1,9H2,2-4H3;3H,1,4-5H2,2H3;1-2H3/t12-;;/m0../s1. The Morgan fingerprint density at radius 2 is 1.70 bits per heavy atom. The Bertz CT molecular complexity index is 343. The molecule has 1 rings (SSSR count). The van der Waals surface area contributed by atoms with E-state index in [0.717, 1.165) is 12.8 Å². The maximum Gasteiger partial charge on any atom is -0.0197 e. The molecule has 1 atom stereocenters. The van der Waals surface area contributed by atoms with E-state index in [1.807, 2.05) is 19.9 Å². The summed E-state index contributed by atoms with van der Waals surface area (Å²) in [6.07, 6.45) is 5.42. The summed E-state index contributed by atoms with van der Waals surface area (Å²) in [6, 6.07) is 8.74. The molecule has 0 aliphatic carbocycles. The van der Waals surface area contributed by atoms with Crippen molar-refractivity contribution in [3.05, 3.63) is 60.2 Å². The molecular weight excluding hydrogens is 240 g/mol. The summed E-state index contributed by atoms with van der Waals surface area (Å²) < 4.78 is 0. The molecule has 0 amide bonds. The second kappa shape index (κ2) is 14.1. The van der Waals surface area contributed by atoms with E-state index in [1.54, 1.807) is 0 Å². The highest BCUT2D eigenvalue weighted by atomic mass is 14.1. The Labute approximate surface area is 127 Å². The van der Waals surface area contributed by atoms with Crippen LogP contribution in [0.1, 0.15) is 58.6 Å². The first-order chi connectivity index (χ1) is 9.51. The molecule has 0 N–H and O–H groups in total. The summed E-state index contributed by atoms with van der Waals surface area (Å²) >= 11 is 0. The molecule has 0 nitrogen and oxygen atoms in total. The van der Waals surface area contributed by atoms with Gasteiger partial charge in [-0.15, -0.1) is 6.58 Å². The van der Waals surface area contributed by atoms with Gasteiger partial charge < -0.3 is 0 Å². The predicted octanol–water partition coefficient (Wildman–Crippen LogP) is 6.75. The number of aryl methyl sites for hydroxylation is 1. The van der Waals surface area contributed by atoms with Gasteiger partial charge in [-0.05, 0) is 38.2 Å². The third-order valence-corrected chi connectivity index (χ3v) is 3.00. The number of hydrogen-bond acceptors (Lipinski definition) is 0. The average Bonchev–Trinajstić information content (AvgIpc) is 2.45. The van der Waals surface area contributed by atoms with Crippen molar-refractivity contribution in [1.29, 1.82) is 0 Å². The smallest absolute Gasteiger partial charge is 0.0197 e. The van der Waals surface area contributed by atoms with Gasteiger partial charge in [0.05, 0.1) is 0 Å². The van der Waals surface area contributed by atoms with E-state index in [2.05, 4.69) is 65.1 Å². The van der Waals surface area contributed by atoms with Gasteiger partial charge in [-0.25, -0.2) is 0 Å². The van der Waals surface area contributed by atoms with Crippen LogP contribution in [0.25, 0.3) is 0 Å². The number of allylic oxidation sites excluding steroid dienone is 2. The van der Waals surface area contributed by atoms with Gasteiger partial charge >= 0.3 is 0 Å². The van der Waals surface area contributed by atoms with Gasteiger partial charge in [0, 0.05) is 0 Å². The zero-order valence-electron chi connectivity index (χ0n) is 14.5. The van der Waals surface area contributed by atoms with Crippen LogP contribution in [0.15, 0.2) is 49.1 Å². The fourth-order valence-corrected chi connectivity index (χ4v) is 1.46. The molecule has 0 heteroatoms. The molecule has 1 aromatic rings. The zero-order chi connectivity index (χ0) is 16.0. The lowest BCUT2D eigenvalue weighted by molar-refractivity contribution is 0.680. The van der Waals surface area contributed by atoms with Gasteiger partial charge in [0.15, 0.2) is 0 Å². The molecule has 0 spiro atoms. The summed E-state index contributed by atoms with van der Waals surface area (Å²) in [7, 11) is 0. The average molecular weight is 274 g/mol. The summed E-state index contributed by atoms with van der Waals surface area (Å²) in [4.78, 5) is 0. The third-order valence-electron chi connectivity index (χ3n) is 3.00. The van der Waals surface area contributed by atoms with Gasteiger partial charge in [0.2, 0.25) is 0 Å². The summed E-state index contributed by atoms with van der Waals surface area (Å²) in [5.41, 5.74) is 3.99. The van der Waals surface area contributed by atoms with Gasteiger partial charge in [-0.3, -0.25) is 0 Å². The zero-order valence-corrected chi connectivity index (χ0v) is 14.5. The first-order valence-corrected chi connectivity index (χ1v) is 7.83. The van der Waals surface area contributed by atoms with Crippen molar-refractivity contribution in [2.45, 2.75) is 60.8 Å². The summed E-state index contributed by atoms with van der Waals surface area (Å²) in [5.74, 6) is 0.586. The molecule has 0 unspecified atom stereocenters. The fourth-order valence-electron chi connectivity index (χ4n) is 1.46. The normalized spacial score (nSPS) is 10.3. The monoisotopic (exact) mass is 274 g/mol. The number of benzene rings is 1. The van der Waals surface area contributed by atoms with E-state index in [1.165, 1.54) is 23.1 Å². The maximum absolute atomic E-state index is 3.97. The van der Waals surface area contributed by atoms with Crippen LogP contribution < -0.4 is 0 Å². The SMILES string of the molecule is C=C(C)[C@@H](C)Cc1ccc(C)cc1.C=CCCC.CC. The molecule has 1 aromatic carbocycles. The van der Waals surface area contributed by atoms with E-state index in [-0.39, 0.29) is 0 Å². The van der Waals surface area contributed by atoms with Crippen molar-refractivity contribution in [2.24, 2.45) is 5.92 Å². The molecular formula is C20H34. The van der Waals surface area contributed by atoms with Crippen LogP contribution in [-0.4, -0.2) is 0 Å². The topological polar surface area (TPSA) is 0 Å². The highest BCUT2D eigenvalue weighted by Gasteiger charge is 2.03. The maximum atomic E-state index is 3.97. The second-order valence-corrected chi connectivity index (χ2v) is 5.01. The van der Waals surface area contributed by atoms with Crippen LogP contribution in [0, 0.1) is 12.8 Å². The van der Waals surface area contributed by atoms with Gasteiger partial charge in [-0.1, -0.05) is 82.2 Å². The Morgan fingerprint density at radius 3 is 2.00 bits per heavy atom. The van der Waals surface area contributed by atoms with Crippen LogP contribution in [-0.2, 0) is 6.42 Å². The molecule has 0 fully saturated rings. The third kappa shape index (κ3) is 11.8. The van der Waals surface area contributed by atoms with E-state index in [9.17, 15) is 0 Å². The van der Waals surface area contributed by atoms with Gasteiger partial charge in [0.1, 0.15) is 0 Å². The first kappa shape index (κ1) is 21.0. The second-order valence-electron chi connectivity index (χ2n) is 5.01.